The lowest BCUT2D eigenvalue weighted by atomic mass is 10.0. The van der Waals surface area contributed by atoms with E-state index in [0.29, 0.717) is 17.1 Å². The van der Waals surface area contributed by atoms with Crippen molar-refractivity contribution >= 4 is 17.5 Å². The number of aliphatic hydroxyl groups is 2. The summed E-state index contributed by atoms with van der Waals surface area (Å²) in [6.07, 6.45) is -1.73. The minimum Gasteiger partial charge on any atom is -0.390 e. The van der Waals surface area contributed by atoms with Gasteiger partial charge in [-0.15, -0.1) is 0 Å². The molecular weight excluding hydrogens is 242 g/mol. The third-order valence-electron chi connectivity index (χ3n) is 2.40. The van der Waals surface area contributed by atoms with Gasteiger partial charge in [0.15, 0.2) is 0 Å². The number of carbonyl (C=O) groups is 1. The van der Waals surface area contributed by atoms with E-state index in [1.807, 2.05) is 0 Å². The fourth-order valence-corrected chi connectivity index (χ4v) is 1.72. The minimum absolute atomic E-state index is 0.163. The van der Waals surface area contributed by atoms with Crippen LogP contribution in [-0.4, -0.2) is 28.8 Å². The van der Waals surface area contributed by atoms with Gasteiger partial charge in [-0.1, -0.05) is 29.8 Å². The molecule has 0 aliphatic rings. The van der Waals surface area contributed by atoms with E-state index in [2.05, 4.69) is 5.32 Å². The maximum absolute atomic E-state index is 10.6. The second-order valence-electron chi connectivity index (χ2n) is 3.81. The molecule has 0 radical (unpaired) electrons. The molecule has 2 atom stereocenters. The first-order chi connectivity index (χ1) is 8.02. The molecule has 3 N–H and O–H groups in total. The van der Waals surface area contributed by atoms with Gasteiger partial charge in [-0.2, -0.15) is 0 Å². The van der Waals surface area contributed by atoms with Gasteiger partial charge in [0.2, 0.25) is 5.91 Å². The third-order valence-corrected chi connectivity index (χ3v) is 2.75. The molecule has 94 valence electrons. The molecule has 1 rings (SSSR count). The summed E-state index contributed by atoms with van der Waals surface area (Å²) in [6, 6.07) is 6.81. The standard InChI is InChI=1S/C12H16ClNO3/c1-8(15)14-7-6-11(16)12(17)9-4-2-3-5-10(9)13/h2-5,11-12,16-17H,6-7H2,1H3,(H,14,15). The van der Waals surface area contributed by atoms with Gasteiger partial charge >= 0.3 is 0 Å². The van der Waals surface area contributed by atoms with Gasteiger partial charge in [-0.05, 0) is 12.5 Å². The molecule has 0 aliphatic carbocycles. The van der Waals surface area contributed by atoms with Crippen LogP contribution in [-0.2, 0) is 4.79 Å². The van der Waals surface area contributed by atoms with Crippen molar-refractivity contribution in [3.8, 4) is 0 Å². The summed E-state index contributed by atoms with van der Waals surface area (Å²) < 4.78 is 0. The fraction of sp³-hybridized carbons (Fsp3) is 0.417. The average Bonchev–Trinajstić information content (AvgIpc) is 2.28. The van der Waals surface area contributed by atoms with Crippen LogP contribution in [0.3, 0.4) is 0 Å². The number of nitrogens with one attached hydrogen (secondary N) is 1. The van der Waals surface area contributed by atoms with E-state index in [1.165, 1.54) is 6.92 Å². The summed E-state index contributed by atoms with van der Waals surface area (Å²) in [5, 5.41) is 22.6. The molecule has 0 saturated carbocycles. The maximum atomic E-state index is 10.6. The van der Waals surface area contributed by atoms with Crippen LogP contribution in [0.15, 0.2) is 24.3 Å². The lowest BCUT2D eigenvalue weighted by Gasteiger charge is -2.19. The molecule has 1 aromatic rings. The molecule has 2 unspecified atom stereocenters. The van der Waals surface area contributed by atoms with Crippen LogP contribution in [0.5, 0.6) is 0 Å². The zero-order valence-corrected chi connectivity index (χ0v) is 10.3. The van der Waals surface area contributed by atoms with Gasteiger partial charge < -0.3 is 15.5 Å². The average molecular weight is 258 g/mol. The van der Waals surface area contributed by atoms with Crippen molar-refractivity contribution in [3.05, 3.63) is 34.9 Å². The van der Waals surface area contributed by atoms with Crippen molar-refractivity contribution in [2.75, 3.05) is 6.54 Å². The van der Waals surface area contributed by atoms with Crippen LogP contribution in [0.1, 0.15) is 25.0 Å². The van der Waals surface area contributed by atoms with Crippen LogP contribution in [0.4, 0.5) is 0 Å². The van der Waals surface area contributed by atoms with Crippen LogP contribution in [0, 0.1) is 0 Å². The quantitative estimate of drug-likeness (QED) is 0.744. The number of rotatable bonds is 5. The van der Waals surface area contributed by atoms with Crippen molar-refractivity contribution in [1.29, 1.82) is 0 Å². The largest absolute Gasteiger partial charge is 0.390 e. The lowest BCUT2D eigenvalue weighted by Crippen LogP contribution is -2.27. The zero-order chi connectivity index (χ0) is 12.8. The highest BCUT2D eigenvalue weighted by atomic mass is 35.5. The molecular formula is C12H16ClNO3. The van der Waals surface area contributed by atoms with E-state index >= 15 is 0 Å². The van der Waals surface area contributed by atoms with E-state index in [-0.39, 0.29) is 12.3 Å². The number of hydrogen-bond acceptors (Lipinski definition) is 3. The van der Waals surface area contributed by atoms with Gasteiger partial charge in [0.05, 0.1) is 6.10 Å². The summed E-state index contributed by atoms with van der Waals surface area (Å²) in [5.74, 6) is -0.163. The molecule has 4 nitrogen and oxygen atoms in total. The van der Waals surface area contributed by atoms with Gasteiger partial charge in [-0.3, -0.25) is 4.79 Å². The predicted molar refractivity (Wildman–Crippen MR) is 65.7 cm³/mol. The highest BCUT2D eigenvalue weighted by Crippen LogP contribution is 2.25. The Balaban J connectivity index is 2.55. The number of aliphatic hydroxyl groups excluding tert-OH is 2. The van der Waals surface area contributed by atoms with Crippen molar-refractivity contribution in [2.45, 2.75) is 25.6 Å². The minimum atomic E-state index is -1.04. The highest BCUT2D eigenvalue weighted by Gasteiger charge is 2.20. The molecule has 5 heteroatoms. The van der Waals surface area contributed by atoms with Crippen molar-refractivity contribution in [1.82, 2.24) is 5.32 Å². The Labute approximate surface area is 105 Å². The van der Waals surface area contributed by atoms with Crippen molar-refractivity contribution in [2.24, 2.45) is 0 Å². The van der Waals surface area contributed by atoms with Crippen molar-refractivity contribution in [3.63, 3.8) is 0 Å². The lowest BCUT2D eigenvalue weighted by molar-refractivity contribution is -0.119. The topological polar surface area (TPSA) is 69.6 Å². The Morgan fingerprint density at radius 1 is 1.41 bits per heavy atom. The number of hydrogen-bond donors (Lipinski definition) is 3. The molecule has 0 aliphatic heterocycles. The summed E-state index contributed by atoms with van der Waals surface area (Å²) in [4.78, 5) is 10.6. The highest BCUT2D eigenvalue weighted by molar-refractivity contribution is 6.31. The Morgan fingerprint density at radius 2 is 2.06 bits per heavy atom. The molecule has 0 saturated heterocycles. The van der Waals surface area contributed by atoms with Crippen LogP contribution in [0.2, 0.25) is 5.02 Å². The Kier molecular flexibility index (Phi) is 5.41. The third kappa shape index (κ3) is 4.34. The monoisotopic (exact) mass is 257 g/mol. The molecule has 0 bridgehead atoms. The SMILES string of the molecule is CC(=O)NCCC(O)C(O)c1ccccc1Cl. The number of benzene rings is 1. The summed E-state index contributed by atoms with van der Waals surface area (Å²) in [5.41, 5.74) is 0.490. The first-order valence-electron chi connectivity index (χ1n) is 5.37. The van der Waals surface area contributed by atoms with E-state index < -0.39 is 12.2 Å². The number of halogens is 1. The van der Waals surface area contributed by atoms with Gasteiger partial charge in [0.25, 0.3) is 0 Å². The Morgan fingerprint density at radius 3 is 2.65 bits per heavy atom. The van der Waals surface area contributed by atoms with Gasteiger partial charge in [-0.25, -0.2) is 0 Å². The molecule has 0 aromatic heterocycles. The first kappa shape index (κ1) is 14.0. The number of amides is 1. The molecule has 1 amide bonds. The summed E-state index contributed by atoms with van der Waals surface area (Å²) in [7, 11) is 0. The molecule has 0 heterocycles. The van der Waals surface area contributed by atoms with E-state index in [0.717, 1.165) is 0 Å². The predicted octanol–water partition coefficient (Wildman–Crippen LogP) is 1.26. The van der Waals surface area contributed by atoms with Crippen LogP contribution in [0.25, 0.3) is 0 Å². The molecule has 1 aromatic carbocycles. The zero-order valence-electron chi connectivity index (χ0n) is 9.56. The first-order valence-corrected chi connectivity index (χ1v) is 5.75. The summed E-state index contributed by atoms with van der Waals surface area (Å²) in [6.45, 7) is 1.72. The van der Waals surface area contributed by atoms with Gasteiger partial charge in [0.1, 0.15) is 6.10 Å². The van der Waals surface area contributed by atoms with Gasteiger partial charge in [0, 0.05) is 24.1 Å². The van der Waals surface area contributed by atoms with E-state index in [4.69, 9.17) is 11.6 Å². The maximum Gasteiger partial charge on any atom is 0.216 e. The van der Waals surface area contributed by atoms with Crippen LogP contribution < -0.4 is 5.32 Å². The van der Waals surface area contributed by atoms with Crippen molar-refractivity contribution < 1.29 is 15.0 Å². The molecule has 17 heavy (non-hydrogen) atoms. The molecule has 0 fully saturated rings. The van der Waals surface area contributed by atoms with E-state index in [1.54, 1.807) is 24.3 Å². The van der Waals surface area contributed by atoms with Crippen LogP contribution >= 0.6 is 11.6 Å². The number of carbonyl (C=O) groups excluding carboxylic acids is 1. The van der Waals surface area contributed by atoms with E-state index in [9.17, 15) is 15.0 Å². The second-order valence-corrected chi connectivity index (χ2v) is 4.21. The molecule has 0 spiro atoms. The Hall–Kier alpha value is -1.10. The summed E-state index contributed by atoms with van der Waals surface area (Å²) >= 11 is 5.91. The second kappa shape index (κ2) is 6.59. The smallest absolute Gasteiger partial charge is 0.216 e. The fourth-order valence-electron chi connectivity index (χ4n) is 1.48. The Bertz CT molecular complexity index is 384. The normalized spacial score (nSPS) is 14.1.